The lowest BCUT2D eigenvalue weighted by Gasteiger charge is -2.09. The summed E-state index contributed by atoms with van der Waals surface area (Å²) in [5.41, 5.74) is 7.28. The molecule has 2 rings (SSSR count). The molecule has 0 amide bonds. The van der Waals surface area contributed by atoms with Gasteiger partial charge in [0, 0.05) is 18.0 Å². The minimum Gasteiger partial charge on any atom is -0.492 e. The highest BCUT2D eigenvalue weighted by atomic mass is 16.5. The summed E-state index contributed by atoms with van der Waals surface area (Å²) < 4.78 is 7.13. The Labute approximate surface area is 106 Å². The Morgan fingerprint density at radius 2 is 2.11 bits per heavy atom. The number of aromatic nitrogens is 1. The second-order valence-corrected chi connectivity index (χ2v) is 4.16. The van der Waals surface area contributed by atoms with Crippen molar-refractivity contribution in [3.05, 3.63) is 58.5 Å². The maximum Gasteiger partial charge on any atom is 0.250 e. The maximum absolute atomic E-state index is 11.5. The van der Waals surface area contributed by atoms with Gasteiger partial charge in [-0.15, -0.1) is 0 Å². The zero-order valence-corrected chi connectivity index (χ0v) is 10.3. The third kappa shape index (κ3) is 3.13. The number of anilines is 1. The van der Waals surface area contributed by atoms with Crippen LogP contribution < -0.4 is 16.0 Å². The van der Waals surface area contributed by atoms with Crippen LogP contribution >= 0.6 is 0 Å². The molecule has 1 aromatic carbocycles. The summed E-state index contributed by atoms with van der Waals surface area (Å²) in [5, 5.41) is 0. The predicted molar refractivity (Wildman–Crippen MR) is 71.8 cm³/mol. The Morgan fingerprint density at radius 1 is 1.28 bits per heavy atom. The molecule has 0 spiro atoms. The van der Waals surface area contributed by atoms with E-state index in [0.29, 0.717) is 18.8 Å². The monoisotopic (exact) mass is 244 g/mol. The molecule has 94 valence electrons. The van der Waals surface area contributed by atoms with Gasteiger partial charge in [0.25, 0.3) is 5.56 Å². The standard InChI is InChI=1S/C14H16N2O2/c1-11-3-2-4-13(9-11)18-8-7-16-10-12(15)5-6-14(16)17/h2-6,9-10H,7-8,15H2,1H3. The summed E-state index contributed by atoms with van der Waals surface area (Å²) in [7, 11) is 0. The highest BCUT2D eigenvalue weighted by Crippen LogP contribution is 2.12. The van der Waals surface area contributed by atoms with Crippen LogP contribution in [0.5, 0.6) is 5.75 Å². The van der Waals surface area contributed by atoms with Gasteiger partial charge in [-0.25, -0.2) is 0 Å². The lowest BCUT2D eigenvalue weighted by molar-refractivity contribution is 0.296. The number of nitrogens with zero attached hydrogens (tertiary/aromatic N) is 1. The van der Waals surface area contributed by atoms with Crippen molar-refractivity contribution in [1.29, 1.82) is 0 Å². The number of rotatable bonds is 4. The number of ether oxygens (including phenoxy) is 1. The van der Waals surface area contributed by atoms with Gasteiger partial charge in [-0.1, -0.05) is 12.1 Å². The minimum absolute atomic E-state index is 0.0722. The molecule has 1 heterocycles. The first kappa shape index (κ1) is 12.2. The quantitative estimate of drug-likeness (QED) is 0.892. The highest BCUT2D eigenvalue weighted by Gasteiger charge is 1.98. The molecule has 0 atom stereocenters. The molecule has 0 bridgehead atoms. The molecule has 1 aromatic heterocycles. The van der Waals surface area contributed by atoms with E-state index in [1.54, 1.807) is 16.8 Å². The normalized spacial score (nSPS) is 10.3. The lowest BCUT2D eigenvalue weighted by atomic mass is 10.2. The van der Waals surface area contributed by atoms with E-state index in [0.717, 1.165) is 11.3 Å². The zero-order valence-electron chi connectivity index (χ0n) is 10.3. The second kappa shape index (κ2) is 5.40. The summed E-state index contributed by atoms with van der Waals surface area (Å²) in [6.45, 7) is 2.93. The van der Waals surface area contributed by atoms with Crippen LogP contribution in [0.25, 0.3) is 0 Å². The molecule has 2 aromatic rings. The van der Waals surface area contributed by atoms with E-state index in [1.165, 1.54) is 6.07 Å². The number of nitrogens with two attached hydrogens (primary N) is 1. The van der Waals surface area contributed by atoms with Crippen LogP contribution in [-0.4, -0.2) is 11.2 Å². The second-order valence-electron chi connectivity index (χ2n) is 4.16. The van der Waals surface area contributed by atoms with Gasteiger partial charge in [0.05, 0.1) is 6.54 Å². The predicted octanol–water partition coefficient (Wildman–Crippen LogP) is 1.82. The summed E-state index contributed by atoms with van der Waals surface area (Å²) in [6.07, 6.45) is 1.63. The fraction of sp³-hybridized carbons (Fsp3) is 0.214. The Morgan fingerprint density at radius 3 is 2.89 bits per heavy atom. The van der Waals surface area contributed by atoms with Crippen LogP contribution in [-0.2, 0) is 6.54 Å². The van der Waals surface area contributed by atoms with Crippen LogP contribution in [0.15, 0.2) is 47.4 Å². The molecule has 0 fully saturated rings. The largest absolute Gasteiger partial charge is 0.492 e. The molecule has 0 saturated carbocycles. The van der Waals surface area contributed by atoms with Crippen molar-refractivity contribution < 1.29 is 4.74 Å². The zero-order chi connectivity index (χ0) is 13.0. The van der Waals surface area contributed by atoms with Gasteiger partial charge in [-0.3, -0.25) is 4.79 Å². The summed E-state index contributed by atoms with van der Waals surface area (Å²) in [6, 6.07) is 10.9. The van der Waals surface area contributed by atoms with Crippen molar-refractivity contribution in [1.82, 2.24) is 4.57 Å². The number of hydrogen-bond donors (Lipinski definition) is 1. The van der Waals surface area contributed by atoms with Gasteiger partial charge in [-0.2, -0.15) is 0 Å². The molecule has 4 nitrogen and oxygen atoms in total. The topological polar surface area (TPSA) is 57.2 Å². The number of aryl methyl sites for hydroxylation is 1. The van der Waals surface area contributed by atoms with Crippen molar-refractivity contribution >= 4 is 5.69 Å². The fourth-order valence-electron chi connectivity index (χ4n) is 1.69. The van der Waals surface area contributed by atoms with Crippen molar-refractivity contribution in [2.75, 3.05) is 12.3 Å². The van der Waals surface area contributed by atoms with Crippen LogP contribution in [0.4, 0.5) is 5.69 Å². The Balaban J connectivity index is 1.96. The highest BCUT2D eigenvalue weighted by molar-refractivity contribution is 5.33. The SMILES string of the molecule is Cc1cccc(OCCn2cc(N)ccc2=O)c1. The smallest absolute Gasteiger partial charge is 0.250 e. The van der Waals surface area contributed by atoms with Gasteiger partial charge in [0.1, 0.15) is 12.4 Å². The molecule has 0 aliphatic rings. The number of pyridine rings is 1. The van der Waals surface area contributed by atoms with E-state index in [9.17, 15) is 4.79 Å². The van der Waals surface area contributed by atoms with E-state index < -0.39 is 0 Å². The molecule has 0 aliphatic carbocycles. The van der Waals surface area contributed by atoms with Crippen molar-refractivity contribution in [2.24, 2.45) is 0 Å². The average Bonchev–Trinajstić information content (AvgIpc) is 2.34. The average molecular weight is 244 g/mol. The molecule has 0 unspecified atom stereocenters. The number of hydrogen-bond acceptors (Lipinski definition) is 3. The summed E-state index contributed by atoms with van der Waals surface area (Å²) in [5.74, 6) is 0.812. The maximum atomic E-state index is 11.5. The molecule has 4 heteroatoms. The number of nitrogen functional groups attached to an aromatic ring is 1. The van der Waals surface area contributed by atoms with Crippen LogP contribution in [0.2, 0.25) is 0 Å². The third-order valence-electron chi connectivity index (χ3n) is 2.60. The number of benzene rings is 1. The van der Waals surface area contributed by atoms with Crippen LogP contribution in [0.3, 0.4) is 0 Å². The fourth-order valence-corrected chi connectivity index (χ4v) is 1.69. The van der Waals surface area contributed by atoms with E-state index in [2.05, 4.69) is 0 Å². The van der Waals surface area contributed by atoms with Crippen molar-refractivity contribution in [3.8, 4) is 5.75 Å². The first-order chi connectivity index (χ1) is 8.65. The van der Waals surface area contributed by atoms with Crippen molar-refractivity contribution in [2.45, 2.75) is 13.5 Å². The lowest BCUT2D eigenvalue weighted by Crippen LogP contribution is -2.22. The van der Waals surface area contributed by atoms with Crippen LogP contribution in [0, 0.1) is 6.92 Å². The van der Waals surface area contributed by atoms with Gasteiger partial charge in [0.15, 0.2) is 0 Å². The molecular formula is C14H16N2O2. The first-order valence-electron chi connectivity index (χ1n) is 5.80. The van der Waals surface area contributed by atoms with Gasteiger partial charge in [-0.05, 0) is 30.7 Å². The molecule has 18 heavy (non-hydrogen) atoms. The summed E-state index contributed by atoms with van der Waals surface area (Å²) in [4.78, 5) is 11.5. The van der Waals surface area contributed by atoms with E-state index in [1.807, 2.05) is 31.2 Å². The van der Waals surface area contributed by atoms with Gasteiger partial charge in [0.2, 0.25) is 0 Å². The Hall–Kier alpha value is -2.23. The third-order valence-corrected chi connectivity index (χ3v) is 2.60. The molecular weight excluding hydrogens is 228 g/mol. The van der Waals surface area contributed by atoms with Crippen molar-refractivity contribution in [3.63, 3.8) is 0 Å². The van der Waals surface area contributed by atoms with Gasteiger partial charge < -0.3 is 15.0 Å². The Bertz CT molecular complexity index is 590. The molecule has 0 radical (unpaired) electrons. The van der Waals surface area contributed by atoms with Gasteiger partial charge >= 0.3 is 0 Å². The van der Waals surface area contributed by atoms with E-state index >= 15 is 0 Å². The molecule has 0 saturated heterocycles. The van der Waals surface area contributed by atoms with Crippen LogP contribution in [0.1, 0.15) is 5.56 Å². The molecule has 2 N–H and O–H groups in total. The molecule has 0 aliphatic heterocycles. The van der Waals surface area contributed by atoms with E-state index in [-0.39, 0.29) is 5.56 Å². The van der Waals surface area contributed by atoms with E-state index in [4.69, 9.17) is 10.5 Å². The Kier molecular flexibility index (Phi) is 3.67. The summed E-state index contributed by atoms with van der Waals surface area (Å²) >= 11 is 0. The first-order valence-corrected chi connectivity index (χ1v) is 5.80. The minimum atomic E-state index is -0.0722.